The summed E-state index contributed by atoms with van der Waals surface area (Å²) in [6.07, 6.45) is 0. The molecule has 2 rings (SSSR count). The van der Waals surface area contributed by atoms with E-state index in [1.165, 1.54) is 16.7 Å². The van der Waals surface area contributed by atoms with E-state index in [-0.39, 0.29) is 11.3 Å². The number of thioether (sulfide) groups is 1. The van der Waals surface area contributed by atoms with E-state index in [1.54, 1.807) is 0 Å². The summed E-state index contributed by atoms with van der Waals surface area (Å²) >= 11 is 8.05. The summed E-state index contributed by atoms with van der Waals surface area (Å²) in [5.41, 5.74) is 0. The van der Waals surface area contributed by atoms with Gasteiger partial charge in [-0.2, -0.15) is 0 Å². The Labute approximate surface area is 108 Å². The van der Waals surface area contributed by atoms with Gasteiger partial charge in [-0.3, -0.25) is 4.79 Å². The van der Waals surface area contributed by atoms with Gasteiger partial charge in [0.15, 0.2) is 3.23 Å². The van der Waals surface area contributed by atoms with Crippen molar-refractivity contribution in [2.45, 2.75) is 33.2 Å². The Kier molecular flexibility index (Phi) is 2.45. The molecule has 4 nitrogen and oxygen atoms in total. The van der Waals surface area contributed by atoms with E-state index < -0.39 is 20.0 Å². The molecule has 0 aromatic heterocycles. The first-order valence-electron chi connectivity index (χ1n) is 4.31. The molecule has 0 aromatic rings. The molecular formula is C8H9Br2NO3S. The Morgan fingerprint density at radius 1 is 1.53 bits per heavy atom. The first-order valence-corrected chi connectivity index (χ1v) is 6.77. The summed E-state index contributed by atoms with van der Waals surface area (Å²) < 4.78 is -1.25. The van der Waals surface area contributed by atoms with Gasteiger partial charge in [0.2, 0.25) is 0 Å². The molecule has 0 aromatic carbocycles. The van der Waals surface area contributed by atoms with E-state index in [2.05, 4.69) is 31.9 Å². The van der Waals surface area contributed by atoms with Crippen molar-refractivity contribution in [1.82, 2.24) is 4.90 Å². The Hall–Kier alpha value is 0.250. The SMILES string of the molecule is CC1(C)S[C@H]2N(C(=O)C2(Br)Br)[C@H]1C(=O)O. The first kappa shape index (κ1) is 11.7. The van der Waals surface area contributed by atoms with Crippen LogP contribution in [-0.4, -0.2) is 41.3 Å². The second-order valence-electron chi connectivity index (χ2n) is 4.15. The molecule has 2 aliphatic heterocycles. The van der Waals surface area contributed by atoms with Crippen LogP contribution in [0.25, 0.3) is 0 Å². The predicted octanol–water partition coefficient (Wildman–Crippen LogP) is 1.62. The van der Waals surface area contributed by atoms with Crippen LogP contribution in [-0.2, 0) is 9.59 Å². The van der Waals surface area contributed by atoms with Crippen molar-refractivity contribution in [3.63, 3.8) is 0 Å². The van der Waals surface area contributed by atoms with Crippen LogP contribution in [0.1, 0.15) is 13.8 Å². The molecule has 1 N–H and O–H groups in total. The molecule has 2 atom stereocenters. The van der Waals surface area contributed by atoms with Crippen molar-refractivity contribution in [2.24, 2.45) is 0 Å². The number of carboxylic acids is 1. The maximum Gasteiger partial charge on any atom is 0.327 e. The van der Waals surface area contributed by atoms with Crippen molar-refractivity contribution in [2.75, 3.05) is 0 Å². The summed E-state index contributed by atoms with van der Waals surface area (Å²) in [6, 6.07) is -0.747. The Balaban J connectivity index is 2.37. The number of carbonyl (C=O) groups excluding carboxylic acids is 1. The van der Waals surface area contributed by atoms with Gasteiger partial charge in [0.05, 0.1) is 0 Å². The van der Waals surface area contributed by atoms with Crippen LogP contribution in [0.5, 0.6) is 0 Å². The fourth-order valence-corrected chi connectivity index (χ4v) is 4.89. The second-order valence-corrected chi connectivity index (χ2v) is 9.45. The molecule has 1 amide bonds. The summed E-state index contributed by atoms with van der Waals surface area (Å²) in [4.78, 5) is 24.3. The Morgan fingerprint density at radius 3 is 2.53 bits per heavy atom. The highest BCUT2D eigenvalue weighted by Crippen LogP contribution is 2.60. The number of amides is 1. The average Bonchev–Trinajstić information content (AvgIpc) is 2.35. The summed E-state index contributed by atoms with van der Waals surface area (Å²) in [5, 5.41) is 8.97. The average molecular weight is 359 g/mol. The van der Waals surface area contributed by atoms with Gasteiger partial charge in [0.1, 0.15) is 11.4 Å². The first-order chi connectivity index (χ1) is 6.69. The van der Waals surface area contributed by atoms with Crippen molar-refractivity contribution < 1.29 is 14.7 Å². The molecule has 0 spiro atoms. The largest absolute Gasteiger partial charge is 0.480 e. The molecule has 2 heterocycles. The topological polar surface area (TPSA) is 57.6 Å². The van der Waals surface area contributed by atoms with Gasteiger partial charge in [0, 0.05) is 4.75 Å². The van der Waals surface area contributed by atoms with Gasteiger partial charge in [-0.1, -0.05) is 31.9 Å². The minimum absolute atomic E-state index is 0.152. The van der Waals surface area contributed by atoms with Crippen LogP contribution in [0, 0.1) is 0 Å². The monoisotopic (exact) mass is 357 g/mol. The van der Waals surface area contributed by atoms with Crippen LogP contribution in [0.2, 0.25) is 0 Å². The summed E-state index contributed by atoms with van der Waals surface area (Å²) in [7, 11) is 0. The smallest absolute Gasteiger partial charge is 0.327 e. The molecule has 0 unspecified atom stereocenters. The normalized spacial score (nSPS) is 36.0. The highest BCUT2D eigenvalue weighted by molar-refractivity contribution is 9.26. The standard InChI is InChI=1S/C8H9Br2NO3S/c1-7(2)3(4(12)13)11-5(14)8(9,10)6(11)15-7/h3,6H,1-2H3,(H,12,13)/t3-,6+/m0/s1. The molecule has 2 aliphatic rings. The van der Waals surface area contributed by atoms with E-state index in [0.717, 1.165) is 0 Å². The van der Waals surface area contributed by atoms with Crippen LogP contribution in [0.3, 0.4) is 0 Å². The van der Waals surface area contributed by atoms with Crippen LogP contribution in [0.4, 0.5) is 0 Å². The number of halogens is 2. The van der Waals surface area contributed by atoms with Crippen molar-refractivity contribution in [3.8, 4) is 0 Å². The summed E-state index contributed by atoms with van der Waals surface area (Å²) in [5.74, 6) is -1.16. The van der Waals surface area contributed by atoms with E-state index >= 15 is 0 Å². The van der Waals surface area contributed by atoms with E-state index in [9.17, 15) is 9.59 Å². The molecule has 2 saturated heterocycles. The lowest BCUT2D eigenvalue weighted by Crippen LogP contribution is -2.68. The van der Waals surface area contributed by atoms with Gasteiger partial charge in [-0.05, 0) is 13.8 Å². The molecule has 84 valence electrons. The van der Waals surface area contributed by atoms with Crippen LogP contribution >= 0.6 is 43.6 Å². The zero-order valence-corrected chi connectivity index (χ0v) is 12.0. The fraction of sp³-hybridized carbons (Fsp3) is 0.750. The molecular weight excluding hydrogens is 350 g/mol. The molecule has 2 fully saturated rings. The highest BCUT2D eigenvalue weighted by atomic mass is 79.9. The number of hydrogen-bond donors (Lipinski definition) is 1. The number of fused-ring (bicyclic) bond motifs is 1. The Bertz CT molecular complexity index is 358. The number of alkyl halides is 2. The summed E-state index contributed by atoms with van der Waals surface area (Å²) in [6.45, 7) is 3.69. The lowest BCUT2D eigenvalue weighted by Gasteiger charge is -2.46. The molecule has 0 saturated carbocycles. The van der Waals surface area contributed by atoms with Gasteiger partial charge in [-0.25, -0.2) is 4.79 Å². The Morgan fingerprint density at radius 2 is 2.07 bits per heavy atom. The van der Waals surface area contributed by atoms with E-state index in [0.29, 0.717) is 0 Å². The molecule has 0 bridgehead atoms. The molecule has 0 aliphatic carbocycles. The third kappa shape index (κ3) is 1.39. The number of aliphatic carboxylic acids is 1. The van der Waals surface area contributed by atoms with Crippen molar-refractivity contribution >= 4 is 55.5 Å². The molecule has 7 heteroatoms. The number of rotatable bonds is 1. The molecule has 0 radical (unpaired) electrons. The number of hydrogen-bond acceptors (Lipinski definition) is 3. The quantitative estimate of drug-likeness (QED) is 0.571. The minimum atomic E-state index is -0.946. The molecule has 15 heavy (non-hydrogen) atoms. The predicted molar refractivity (Wildman–Crippen MR) is 64.3 cm³/mol. The van der Waals surface area contributed by atoms with E-state index in [1.807, 2.05) is 13.8 Å². The van der Waals surface area contributed by atoms with Gasteiger partial charge < -0.3 is 10.0 Å². The lowest BCUT2D eigenvalue weighted by atomic mass is 9.98. The lowest BCUT2D eigenvalue weighted by molar-refractivity contribution is -0.157. The van der Waals surface area contributed by atoms with Gasteiger partial charge in [-0.15, -0.1) is 11.8 Å². The van der Waals surface area contributed by atoms with Crippen LogP contribution in [0.15, 0.2) is 0 Å². The van der Waals surface area contributed by atoms with Crippen molar-refractivity contribution in [3.05, 3.63) is 0 Å². The minimum Gasteiger partial charge on any atom is -0.480 e. The van der Waals surface area contributed by atoms with Crippen molar-refractivity contribution in [1.29, 1.82) is 0 Å². The fourth-order valence-electron chi connectivity index (χ4n) is 1.98. The number of nitrogens with zero attached hydrogens (tertiary/aromatic N) is 1. The zero-order chi connectivity index (χ0) is 11.6. The zero-order valence-electron chi connectivity index (χ0n) is 8.03. The third-order valence-corrected chi connectivity index (χ3v) is 6.45. The number of β-lactam (4-membered cyclic amide) rings is 1. The maximum absolute atomic E-state index is 11.7. The number of carboxylic acid groups (broad SMARTS) is 1. The third-order valence-electron chi connectivity index (χ3n) is 2.67. The second kappa shape index (κ2) is 3.13. The number of carbonyl (C=O) groups is 2. The maximum atomic E-state index is 11.7. The van der Waals surface area contributed by atoms with Gasteiger partial charge in [0.25, 0.3) is 5.91 Å². The van der Waals surface area contributed by atoms with Crippen LogP contribution < -0.4 is 0 Å². The van der Waals surface area contributed by atoms with Gasteiger partial charge >= 0.3 is 5.97 Å². The highest BCUT2D eigenvalue weighted by Gasteiger charge is 2.69. The van der Waals surface area contributed by atoms with E-state index in [4.69, 9.17) is 5.11 Å².